The first kappa shape index (κ1) is 452. The van der Waals surface area contributed by atoms with Gasteiger partial charge in [0.25, 0.3) is 0 Å². The molecule has 0 saturated carbocycles. The molecule has 1 aromatic heterocycles. The van der Waals surface area contributed by atoms with Gasteiger partial charge in [0.05, 0.1) is 0 Å². The van der Waals surface area contributed by atoms with Crippen LogP contribution >= 0.6 is 18.8 Å². The molecule has 0 fully saturated rings. The zero-order valence-electron chi connectivity index (χ0n) is 119. The third-order valence-corrected chi connectivity index (χ3v) is 2.34. The number of aromatic nitrogens is 1. The number of halogens is 2. The minimum absolute atomic E-state index is 0. The number of nitrogens with zero attached hydrogens (tertiary/aromatic N) is 2. The van der Waals surface area contributed by atoms with Crippen LogP contribution < -0.4 is 56.4 Å². The molecule has 0 spiro atoms. The average Bonchev–Trinajstić information content (AvgIpc) is 1.66. The van der Waals surface area contributed by atoms with Crippen LogP contribution in [0.25, 0.3) is 34.1 Å². The quantitative estimate of drug-likeness (QED) is 0.126. The first-order valence-corrected chi connectivity index (χ1v) is 912. The molecule has 0 unspecified atom stereocenters. The summed E-state index contributed by atoms with van der Waals surface area (Å²) < 4.78 is 0. The van der Waals surface area contributed by atoms with Crippen LogP contribution in [-0.4, -0.2) is 3350 Å². The maximum atomic E-state index is 8.00. The molecule has 3 rings (SSSR count). The summed E-state index contributed by atoms with van der Waals surface area (Å²) in [5, 5.41) is 11.5. The van der Waals surface area contributed by atoms with Crippen LogP contribution in [0.2, 0.25) is 0 Å². The van der Waals surface area contributed by atoms with Gasteiger partial charge in [-0.05, 0) is 10.8 Å². The van der Waals surface area contributed by atoms with Crippen molar-refractivity contribution in [3.05, 3.63) is 70.9 Å². The second-order valence-corrected chi connectivity index (χ2v) is 6.55. The molecule has 0 aliphatic carbocycles. The van der Waals surface area contributed by atoms with Crippen molar-refractivity contribution in [1.29, 1.82) is 0 Å². The Morgan fingerprint density at radius 3 is 0.281 bits per heavy atom. The molecule has 3 aromatic rings. The summed E-state index contributed by atoms with van der Waals surface area (Å²) >= 11 is 132. The zero-order valence-corrected chi connectivity index (χ0v) is 456. The van der Waals surface area contributed by atoms with Crippen LogP contribution in [0, 0.1) is 10.1 Å². The molecule has 116 heteroatoms. The summed E-state index contributed by atoms with van der Waals surface area (Å²) in [7, 11) is 9.75. The summed E-state index contributed by atoms with van der Waals surface area (Å²) in [4.78, 5) is 12.5. The summed E-state index contributed by atoms with van der Waals surface area (Å²) in [6.07, 6.45) is 0. The maximum absolute atomic E-state index is 8.00. The largest absolute Gasteiger partial charge is 0.693 e. The fourth-order valence-electron chi connectivity index (χ4n) is 1.73. The second kappa shape index (κ2) is 698. The summed E-state index contributed by atoms with van der Waals surface area (Å²) in [5.74, 6) is 0. The van der Waals surface area contributed by atoms with E-state index in [0.717, 1.165) is 16.4 Å². The van der Waals surface area contributed by atoms with E-state index >= 15 is 0 Å². The van der Waals surface area contributed by atoms with Gasteiger partial charge in [0.2, 0.25) is 0 Å². The third-order valence-electron chi connectivity index (χ3n) is 2.34. The van der Waals surface area contributed by atoms with Crippen molar-refractivity contribution in [2.24, 2.45) is 5.34 Å². The summed E-state index contributed by atoms with van der Waals surface area (Å²) in [5.41, 5.74) is 2.17. The number of benzene rings is 2. The monoisotopic (exact) mass is 4680 g/mol. The van der Waals surface area contributed by atoms with Gasteiger partial charge in [0.15, 0.2) is 0 Å². The van der Waals surface area contributed by atoms with Crippen LogP contribution in [0.5, 0.6) is 0 Å². The molecule has 228 valence electrons. The Balaban J connectivity index is -0.00000000757. The molecule has 128 heavy (non-hydrogen) atoms. The molecule has 6 nitrogen and oxygen atoms in total. The first-order chi connectivity index (χ1) is 62.3. The standard InChI is InChI=1S/C12H8N.2ClH.107K.HNO2.2H2N.Pt.H/c1-3-7-11-9(5-1)10-6-2-4-8-12(10)13-11;;;;;;;;;;;;;;;;;;;;;;;;;;;;;;;;;;;;;;;;;;;;;;;;;;;;;;;;;;;;;;;;;;;;;;;;;;;;;;;;;;;;;;;;;;;;;;;;;;;;;;;;;;;;;;2-1-3;;;;/h1-8H;2*1H;;;;;;;;;;;;;;;;;;;;;;;;;;;;;;;;;;;;;;;;;;;;;;;;;;;;;;;;;;;;;;;;;;;;;;;;;;;;;;;;;;;;;;;;;;;;;;;;;;;;;;;;;;;;(H,2,3);2*1H2;;/q-1;;;;;;;;;;;;;;;;;;;;;;;;;;;;;;;;;;;;;;;;;;;;;;;;;;;;;;;;;;;;;;;;;;;;;;;;;;;;;;;;;;;;;;;;;;;;;;;;;;;;;;;;;;;;;+1;;2*-1;+2;-1/p-3. The van der Waals surface area contributed by atoms with Crippen molar-refractivity contribution in [3.8, 4) is 0 Å². The average molecular weight is 4690 g/mol. The Morgan fingerprint density at radius 2 is 0.227 bits per heavy atom. The van der Waals surface area contributed by atoms with Gasteiger partial charge in [0, 0.05) is 0 Å². The van der Waals surface area contributed by atoms with Crippen LogP contribution in [-0.2, 0) is 16.5 Å². The van der Waals surface area contributed by atoms with Gasteiger partial charge in [0.1, 0.15) is 0 Å². The fourth-order valence-corrected chi connectivity index (χ4v) is 1.73. The normalized spacial score (nSPS) is 4.70. The van der Waals surface area contributed by atoms with E-state index in [9.17, 15) is 0 Å². The second-order valence-electron chi connectivity index (χ2n) is 3.27. The Kier molecular flexibility index (Phi) is 2470. The van der Waals surface area contributed by atoms with Gasteiger partial charge in [-0.3, -0.25) is 0 Å². The van der Waals surface area contributed by atoms with E-state index in [4.69, 9.17) is 29.0 Å². The molecule has 2 aromatic carbocycles. The minimum Gasteiger partial charge on any atom is -0.693 e. The minimum atomic E-state index is -0.472. The van der Waals surface area contributed by atoms with Gasteiger partial charge in [-0.25, -0.2) is 0 Å². The third kappa shape index (κ3) is 644. The number of rotatable bonds is 0. The van der Waals surface area contributed by atoms with Crippen molar-refractivity contribution < 1.29 is 69.3 Å². The van der Waals surface area contributed by atoms with Crippen LogP contribution in [0.4, 0.5) is 0 Å². The maximum Gasteiger partial charge on any atom is -0.0343 e. The molecule has 0 atom stereocenters. The van der Waals surface area contributed by atoms with Crippen molar-refractivity contribution in [3.63, 3.8) is 0 Å². The predicted molar refractivity (Wildman–Crippen MR) is 697 cm³/mol. The van der Waals surface area contributed by atoms with E-state index in [1.807, 2.05) is 12.1 Å². The van der Waals surface area contributed by atoms with Crippen LogP contribution in [0.1, 0.15) is 1.43 Å². The molecule has 1 heterocycles. The van der Waals surface area contributed by atoms with Gasteiger partial charge in [-0.2, -0.15) is 0 Å². The molecule has 0 saturated heterocycles. The van der Waals surface area contributed by atoms with E-state index in [0.29, 0.717) is 0 Å². The molecule has 4 N–H and O–H groups in total. The Morgan fingerprint density at radius 1 is 0.180 bits per heavy atom. The first-order valence-electron chi connectivity index (χ1n) is 58.0. The van der Waals surface area contributed by atoms with Crippen molar-refractivity contribution in [2.45, 2.75) is 0 Å². The Hall–Kier alpha value is 174. The summed E-state index contributed by atoms with van der Waals surface area (Å²) in [6.45, 7) is 0. The van der Waals surface area contributed by atoms with E-state index < -0.39 is 16.5 Å². The number of fused-ring (bicyclic) bond motifs is 3. The fraction of sp³-hybridized carbons (Fsp3) is 0. The number of nitrogens with two attached hydrogens (primary N) is 2. The van der Waals surface area contributed by atoms with E-state index in [-0.39, 0.29) is 65.1 Å². The van der Waals surface area contributed by atoms with Gasteiger partial charge < -0.3 is 28.8 Å². The molecule has 0 aliphatic heterocycles. The van der Waals surface area contributed by atoms with Gasteiger partial charge in [-0.15, -0.1) is 16.4 Å². The van der Waals surface area contributed by atoms with Crippen molar-refractivity contribution in [1.82, 2.24) is 4.98 Å². The molecular weight excluding hydrogens is 4680 g/mol. The molecule has 0 radical (unpaired) electrons. The van der Waals surface area contributed by atoms with Crippen LogP contribution in [0.15, 0.2) is 53.9 Å². The smallest absolute Gasteiger partial charge is 0.0343 e. The van der Waals surface area contributed by atoms with Gasteiger partial charge in [-0.1, -0.05) is 48.5 Å². The van der Waals surface area contributed by atoms with E-state index in [1.54, 1.807) is 0 Å². The van der Waals surface area contributed by atoms with E-state index in [2.05, 4.69) is 41.4 Å². The van der Waals surface area contributed by atoms with Crippen molar-refractivity contribution in [2.75, 3.05) is 0 Å². The Labute approximate surface area is 3270 Å². The van der Waals surface area contributed by atoms with E-state index in [1.165, 1.54) is 3360 Å². The molecule has 0 amide bonds. The SMILES string of the molecule is O=N[O-].[Cl][Pt][Cl].[H-].[K+].[K][K].[K][K].[K][K].[K][K].[K][K].[K][K].[K][K].[K][K].[K][K].[K][K].[K][K].[K][K].[K][K].[K][K].[K][K].[K][K].[K][K].[K][K].[K][K].[K][K].[K][K].[K][K].[K][K].[K][K].[K][K].[K][K].[K][K].[K][K].[K][K].[K][K].[K][K].[K][K].[K][K].[K][K].[K][K].[K][K].[K][K].[K][K].[K][K].[K][K].[K][K].[K][K].[K][K].[K][K].[K][K].[K][K].[K][K].[K][K].[K][K].[K][K].[K][K].[K][K].[K][K].[NH2-].[NH2-].c1ccc2c(c1)[n-]c1ccccc12. The molecule has 0 aliphatic rings. The number of hydrogen-bond donors (Lipinski definition) is 0. The number of para-hydroxylation sites is 2. The molecular formula is C12H13Cl2K107N4O2Pt-4. The predicted octanol–water partition coefficient (Wildman–Crippen LogP) is -37.2. The zero-order chi connectivity index (χ0) is 120. The van der Waals surface area contributed by atoms with Gasteiger partial charge >= 0.3 is 3430 Å². The van der Waals surface area contributed by atoms with Crippen LogP contribution in [0.3, 0.4) is 0 Å². The topological polar surface area (TPSA) is 134 Å². The summed E-state index contributed by atoms with van der Waals surface area (Å²) in [6, 6.07) is 16.5. The van der Waals surface area contributed by atoms with Crippen molar-refractivity contribution >= 4 is 3390 Å². The number of hydrogen-bond acceptors (Lipinski definition) is 3. The molecule has 0 bridgehead atoms. The Bertz CT molecular complexity index is 692.